The van der Waals surface area contributed by atoms with Gasteiger partial charge >= 0.3 is 0 Å². The van der Waals surface area contributed by atoms with Gasteiger partial charge in [-0.3, -0.25) is 9.69 Å². The van der Waals surface area contributed by atoms with Crippen LogP contribution in [0.25, 0.3) is 0 Å². The lowest BCUT2D eigenvalue weighted by Gasteiger charge is -2.26. The zero-order valence-corrected chi connectivity index (χ0v) is 12.9. The van der Waals surface area contributed by atoms with Gasteiger partial charge in [0.05, 0.1) is 6.54 Å². The lowest BCUT2D eigenvalue weighted by Crippen LogP contribution is -2.46. The fourth-order valence-corrected chi connectivity index (χ4v) is 1.83. The number of nitrogens with zero attached hydrogens (tertiary/aromatic N) is 1. The number of carbonyl (C=O) groups excluding carboxylic acids is 1. The molecule has 3 nitrogen and oxygen atoms in total. The van der Waals surface area contributed by atoms with E-state index in [9.17, 15) is 4.79 Å². The highest BCUT2D eigenvalue weighted by atomic mass is 35.5. The maximum Gasteiger partial charge on any atom is 0.234 e. The summed E-state index contributed by atoms with van der Waals surface area (Å²) in [6, 6.07) is 7.69. The molecule has 0 atom stereocenters. The average Bonchev–Trinajstić information content (AvgIpc) is 2.31. The minimum atomic E-state index is -0.141. The molecule has 0 saturated heterocycles. The van der Waals surface area contributed by atoms with Crippen molar-refractivity contribution < 1.29 is 4.79 Å². The third-order valence-corrected chi connectivity index (χ3v) is 3.39. The molecule has 0 aliphatic rings. The molecule has 0 aromatic heterocycles. The van der Waals surface area contributed by atoms with E-state index in [1.165, 1.54) is 0 Å². The van der Waals surface area contributed by atoms with Gasteiger partial charge in [-0.15, -0.1) is 0 Å². The maximum absolute atomic E-state index is 11.9. The van der Waals surface area contributed by atoms with Crippen LogP contribution in [0.5, 0.6) is 0 Å². The van der Waals surface area contributed by atoms with Gasteiger partial charge in [0.2, 0.25) is 5.91 Å². The van der Waals surface area contributed by atoms with Gasteiger partial charge in [0.25, 0.3) is 0 Å². The van der Waals surface area contributed by atoms with Crippen LogP contribution in [0.2, 0.25) is 5.02 Å². The van der Waals surface area contributed by atoms with Crippen molar-refractivity contribution >= 4 is 17.5 Å². The van der Waals surface area contributed by atoms with Crippen LogP contribution < -0.4 is 5.32 Å². The summed E-state index contributed by atoms with van der Waals surface area (Å²) in [7, 11) is 1.94. The Balaban J connectivity index is 2.44. The summed E-state index contributed by atoms with van der Waals surface area (Å²) < 4.78 is 0. The molecule has 0 fully saturated rings. The number of carbonyl (C=O) groups is 1. The Bertz CT molecular complexity index is 415. The monoisotopic (exact) mass is 282 g/mol. The molecule has 0 aliphatic heterocycles. The number of hydrogen-bond acceptors (Lipinski definition) is 2. The summed E-state index contributed by atoms with van der Waals surface area (Å²) in [5.41, 5.74) is 1.01. The van der Waals surface area contributed by atoms with Gasteiger partial charge in [0, 0.05) is 17.1 Å². The molecule has 0 radical (unpaired) electrons. The van der Waals surface area contributed by atoms with Crippen LogP contribution in [0.1, 0.15) is 32.8 Å². The SMILES string of the molecule is CCC(C)(C)NC(=O)CN(C)Cc1ccc(Cl)cc1. The van der Waals surface area contributed by atoms with Crippen LogP contribution >= 0.6 is 11.6 Å². The van der Waals surface area contributed by atoms with E-state index in [0.717, 1.165) is 23.6 Å². The maximum atomic E-state index is 11.9. The fraction of sp³-hybridized carbons (Fsp3) is 0.533. The molecule has 0 bridgehead atoms. The molecular formula is C15H23ClN2O. The number of benzene rings is 1. The molecule has 19 heavy (non-hydrogen) atoms. The lowest BCUT2D eigenvalue weighted by atomic mass is 10.0. The van der Waals surface area contributed by atoms with Crippen LogP contribution in [-0.2, 0) is 11.3 Å². The zero-order valence-electron chi connectivity index (χ0n) is 12.2. The number of nitrogens with one attached hydrogen (secondary N) is 1. The molecule has 1 amide bonds. The topological polar surface area (TPSA) is 32.3 Å². The Morgan fingerprint density at radius 1 is 1.32 bits per heavy atom. The first kappa shape index (κ1) is 16.0. The molecule has 4 heteroatoms. The molecule has 1 N–H and O–H groups in total. The average molecular weight is 283 g/mol. The van der Waals surface area contributed by atoms with Gasteiger partial charge in [-0.25, -0.2) is 0 Å². The summed E-state index contributed by atoms with van der Waals surface area (Å²) in [6.45, 7) is 7.26. The molecule has 1 aromatic rings. The number of likely N-dealkylation sites (N-methyl/N-ethyl adjacent to an activating group) is 1. The second-order valence-corrected chi connectivity index (χ2v) is 6.02. The summed E-state index contributed by atoms with van der Waals surface area (Å²) in [5.74, 6) is 0.0586. The van der Waals surface area contributed by atoms with E-state index < -0.39 is 0 Å². The zero-order chi connectivity index (χ0) is 14.5. The van der Waals surface area contributed by atoms with Crippen LogP contribution in [-0.4, -0.2) is 29.9 Å². The van der Waals surface area contributed by atoms with Crippen molar-refractivity contribution in [1.82, 2.24) is 10.2 Å². The summed E-state index contributed by atoms with van der Waals surface area (Å²) in [6.07, 6.45) is 0.916. The molecule has 0 unspecified atom stereocenters. The van der Waals surface area contributed by atoms with E-state index in [1.54, 1.807) is 0 Å². The highest BCUT2D eigenvalue weighted by Gasteiger charge is 2.18. The fourth-order valence-electron chi connectivity index (χ4n) is 1.71. The molecule has 1 rings (SSSR count). The smallest absolute Gasteiger partial charge is 0.234 e. The molecule has 0 heterocycles. The van der Waals surface area contributed by atoms with Gasteiger partial charge in [-0.2, -0.15) is 0 Å². The van der Waals surface area contributed by atoms with E-state index in [0.29, 0.717) is 6.54 Å². The molecule has 0 saturated carbocycles. The van der Waals surface area contributed by atoms with Crippen molar-refractivity contribution in [3.63, 3.8) is 0 Å². The van der Waals surface area contributed by atoms with Crippen molar-refractivity contribution in [2.24, 2.45) is 0 Å². The van der Waals surface area contributed by atoms with E-state index in [4.69, 9.17) is 11.6 Å². The second-order valence-electron chi connectivity index (χ2n) is 5.58. The van der Waals surface area contributed by atoms with Crippen molar-refractivity contribution in [2.45, 2.75) is 39.3 Å². The predicted octanol–water partition coefficient (Wildman–Crippen LogP) is 3.08. The summed E-state index contributed by atoms with van der Waals surface area (Å²) in [4.78, 5) is 13.9. The molecule has 106 valence electrons. The quantitative estimate of drug-likeness (QED) is 0.870. The molecule has 0 aliphatic carbocycles. The van der Waals surface area contributed by atoms with Crippen molar-refractivity contribution in [3.8, 4) is 0 Å². The third kappa shape index (κ3) is 6.08. The Kier molecular flexibility index (Phi) is 5.83. The van der Waals surface area contributed by atoms with E-state index in [-0.39, 0.29) is 11.4 Å². The van der Waals surface area contributed by atoms with E-state index in [2.05, 4.69) is 12.2 Å². The van der Waals surface area contributed by atoms with Gasteiger partial charge in [0.1, 0.15) is 0 Å². The highest BCUT2D eigenvalue weighted by molar-refractivity contribution is 6.30. The van der Waals surface area contributed by atoms with Gasteiger partial charge in [-0.05, 0) is 45.0 Å². The Morgan fingerprint density at radius 3 is 2.42 bits per heavy atom. The van der Waals surface area contributed by atoms with Crippen LogP contribution in [0.3, 0.4) is 0 Å². The van der Waals surface area contributed by atoms with Crippen LogP contribution in [0, 0.1) is 0 Å². The highest BCUT2D eigenvalue weighted by Crippen LogP contribution is 2.11. The van der Waals surface area contributed by atoms with E-state index >= 15 is 0 Å². The number of halogens is 1. The van der Waals surface area contributed by atoms with Crippen LogP contribution in [0.15, 0.2) is 24.3 Å². The Labute approximate surface area is 120 Å². The third-order valence-electron chi connectivity index (χ3n) is 3.14. The lowest BCUT2D eigenvalue weighted by molar-refractivity contribution is -0.123. The molecule has 1 aromatic carbocycles. The van der Waals surface area contributed by atoms with Gasteiger partial charge in [0.15, 0.2) is 0 Å². The Hall–Kier alpha value is -1.06. The predicted molar refractivity (Wildman–Crippen MR) is 80.3 cm³/mol. The van der Waals surface area contributed by atoms with Gasteiger partial charge in [-0.1, -0.05) is 30.7 Å². The number of rotatable bonds is 6. The minimum Gasteiger partial charge on any atom is -0.350 e. The Morgan fingerprint density at radius 2 is 1.89 bits per heavy atom. The van der Waals surface area contributed by atoms with Crippen molar-refractivity contribution in [2.75, 3.05) is 13.6 Å². The second kappa shape index (κ2) is 6.92. The first-order chi connectivity index (χ1) is 8.82. The van der Waals surface area contributed by atoms with Crippen molar-refractivity contribution in [3.05, 3.63) is 34.9 Å². The van der Waals surface area contributed by atoms with Crippen molar-refractivity contribution in [1.29, 1.82) is 0 Å². The minimum absolute atomic E-state index is 0.0586. The largest absolute Gasteiger partial charge is 0.350 e. The number of hydrogen-bond donors (Lipinski definition) is 1. The number of amides is 1. The van der Waals surface area contributed by atoms with E-state index in [1.807, 2.05) is 50.1 Å². The first-order valence-corrected chi connectivity index (χ1v) is 6.94. The standard InChI is InChI=1S/C15H23ClN2O/c1-5-15(2,3)17-14(19)11-18(4)10-12-6-8-13(16)9-7-12/h6-9H,5,10-11H2,1-4H3,(H,17,19). The molecular weight excluding hydrogens is 260 g/mol. The summed E-state index contributed by atoms with van der Waals surface area (Å²) >= 11 is 5.84. The normalized spacial score (nSPS) is 11.7. The van der Waals surface area contributed by atoms with Crippen LogP contribution in [0.4, 0.5) is 0 Å². The summed E-state index contributed by atoms with van der Waals surface area (Å²) in [5, 5.41) is 3.76. The first-order valence-electron chi connectivity index (χ1n) is 6.56. The van der Waals surface area contributed by atoms with Gasteiger partial charge < -0.3 is 5.32 Å². The molecule has 0 spiro atoms.